The predicted molar refractivity (Wildman–Crippen MR) is 56.1 cm³/mol. The molecule has 2 fully saturated rings. The van der Waals surface area contributed by atoms with Crippen molar-refractivity contribution in [1.82, 2.24) is 9.80 Å². The highest BCUT2D eigenvalue weighted by Crippen LogP contribution is 2.26. The second-order valence-electron chi connectivity index (χ2n) is 5.40. The Morgan fingerprint density at radius 1 is 1.29 bits per heavy atom. The normalized spacial score (nSPS) is 29.5. The van der Waals surface area contributed by atoms with Crippen LogP contribution in [0.4, 0.5) is 0 Å². The summed E-state index contributed by atoms with van der Waals surface area (Å²) in [5.74, 6) is 0.364. The van der Waals surface area contributed by atoms with Crippen LogP contribution in [-0.4, -0.2) is 46.9 Å². The lowest BCUT2D eigenvalue weighted by molar-refractivity contribution is -0.131. The van der Waals surface area contributed by atoms with Gasteiger partial charge in [-0.3, -0.25) is 9.69 Å². The number of hydrogen-bond donors (Lipinski definition) is 0. The maximum Gasteiger partial charge on any atom is 0.222 e. The number of nitrogens with zero attached hydrogens (tertiary/aromatic N) is 2. The van der Waals surface area contributed by atoms with E-state index in [1.165, 1.54) is 0 Å². The zero-order valence-corrected chi connectivity index (χ0v) is 9.42. The van der Waals surface area contributed by atoms with E-state index in [1.54, 1.807) is 0 Å². The molecule has 14 heavy (non-hydrogen) atoms. The zero-order valence-electron chi connectivity index (χ0n) is 9.42. The highest BCUT2D eigenvalue weighted by Gasteiger charge is 2.38. The summed E-state index contributed by atoms with van der Waals surface area (Å²) in [7, 11) is 0. The van der Waals surface area contributed by atoms with Gasteiger partial charge in [0.15, 0.2) is 0 Å². The van der Waals surface area contributed by atoms with E-state index in [9.17, 15) is 4.79 Å². The SMILES string of the molecule is CC(C)(C)N1CCN2C(=O)CCC2C1. The first-order valence-electron chi connectivity index (χ1n) is 5.53. The van der Waals surface area contributed by atoms with Crippen molar-refractivity contribution in [2.24, 2.45) is 0 Å². The molecule has 2 aliphatic heterocycles. The van der Waals surface area contributed by atoms with Gasteiger partial charge in [-0.15, -0.1) is 0 Å². The molecule has 2 rings (SSSR count). The third-order valence-electron chi connectivity index (χ3n) is 3.44. The van der Waals surface area contributed by atoms with Crippen LogP contribution in [0, 0.1) is 0 Å². The van der Waals surface area contributed by atoms with Gasteiger partial charge in [0.25, 0.3) is 0 Å². The highest BCUT2D eigenvalue weighted by atomic mass is 16.2. The summed E-state index contributed by atoms with van der Waals surface area (Å²) >= 11 is 0. The summed E-state index contributed by atoms with van der Waals surface area (Å²) < 4.78 is 0. The summed E-state index contributed by atoms with van der Waals surface area (Å²) in [5.41, 5.74) is 0.248. The van der Waals surface area contributed by atoms with E-state index in [-0.39, 0.29) is 5.54 Å². The zero-order chi connectivity index (χ0) is 10.3. The van der Waals surface area contributed by atoms with Crippen LogP contribution >= 0.6 is 0 Å². The topological polar surface area (TPSA) is 23.6 Å². The molecule has 1 amide bonds. The smallest absolute Gasteiger partial charge is 0.222 e. The minimum Gasteiger partial charge on any atom is -0.337 e. The third kappa shape index (κ3) is 1.65. The Kier molecular flexibility index (Phi) is 2.30. The van der Waals surface area contributed by atoms with E-state index in [0.29, 0.717) is 11.9 Å². The van der Waals surface area contributed by atoms with Gasteiger partial charge in [-0.25, -0.2) is 0 Å². The van der Waals surface area contributed by atoms with Crippen molar-refractivity contribution < 1.29 is 4.79 Å². The lowest BCUT2D eigenvalue weighted by atomic mass is 10.0. The highest BCUT2D eigenvalue weighted by molar-refractivity contribution is 5.78. The first-order valence-corrected chi connectivity index (χ1v) is 5.53. The van der Waals surface area contributed by atoms with Crippen molar-refractivity contribution in [3.05, 3.63) is 0 Å². The molecule has 80 valence electrons. The first kappa shape index (κ1) is 9.97. The second-order valence-corrected chi connectivity index (χ2v) is 5.40. The van der Waals surface area contributed by atoms with Crippen molar-refractivity contribution in [3.8, 4) is 0 Å². The number of carbonyl (C=O) groups excluding carboxylic acids is 1. The van der Waals surface area contributed by atoms with E-state index in [1.807, 2.05) is 0 Å². The van der Waals surface area contributed by atoms with Gasteiger partial charge in [-0.2, -0.15) is 0 Å². The van der Waals surface area contributed by atoms with Crippen LogP contribution < -0.4 is 0 Å². The van der Waals surface area contributed by atoms with E-state index in [4.69, 9.17) is 0 Å². The van der Waals surface area contributed by atoms with Crippen molar-refractivity contribution >= 4 is 5.91 Å². The molecule has 1 atom stereocenters. The fraction of sp³-hybridized carbons (Fsp3) is 0.909. The van der Waals surface area contributed by atoms with Gasteiger partial charge in [-0.05, 0) is 27.2 Å². The van der Waals surface area contributed by atoms with Crippen molar-refractivity contribution in [3.63, 3.8) is 0 Å². The summed E-state index contributed by atoms with van der Waals surface area (Å²) in [5, 5.41) is 0. The molecule has 1 unspecified atom stereocenters. The molecule has 0 aromatic heterocycles. The Bertz CT molecular complexity index is 244. The summed E-state index contributed by atoms with van der Waals surface area (Å²) in [6.45, 7) is 9.78. The Labute approximate surface area is 86.1 Å². The Morgan fingerprint density at radius 2 is 2.00 bits per heavy atom. The van der Waals surface area contributed by atoms with E-state index >= 15 is 0 Å². The summed E-state index contributed by atoms with van der Waals surface area (Å²) in [6.07, 6.45) is 1.83. The van der Waals surface area contributed by atoms with Gasteiger partial charge < -0.3 is 4.90 Å². The molecule has 2 aliphatic rings. The third-order valence-corrected chi connectivity index (χ3v) is 3.44. The molecule has 0 radical (unpaired) electrons. The summed E-state index contributed by atoms with van der Waals surface area (Å²) in [6, 6.07) is 0.496. The fourth-order valence-electron chi connectivity index (χ4n) is 2.47. The molecule has 3 nitrogen and oxygen atoms in total. The van der Waals surface area contributed by atoms with Crippen LogP contribution in [-0.2, 0) is 4.79 Å². The predicted octanol–water partition coefficient (Wildman–Crippen LogP) is 1.09. The number of carbonyl (C=O) groups is 1. The largest absolute Gasteiger partial charge is 0.337 e. The first-order chi connectivity index (χ1) is 6.48. The number of hydrogen-bond acceptors (Lipinski definition) is 2. The number of rotatable bonds is 0. The van der Waals surface area contributed by atoms with Crippen LogP contribution in [0.15, 0.2) is 0 Å². The maximum absolute atomic E-state index is 11.5. The monoisotopic (exact) mass is 196 g/mol. The van der Waals surface area contributed by atoms with Gasteiger partial charge in [0, 0.05) is 37.6 Å². The fourth-order valence-corrected chi connectivity index (χ4v) is 2.47. The Morgan fingerprint density at radius 3 is 2.64 bits per heavy atom. The molecule has 0 aromatic rings. The second kappa shape index (κ2) is 3.23. The lowest BCUT2D eigenvalue weighted by Crippen LogP contribution is -2.56. The number of fused-ring (bicyclic) bond motifs is 1. The summed E-state index contributed by atoms with van der Waals surface area (Å²) in [4.78, 5) is 16.0. The minimum absolute atomic E-state index is 0.248. The van der Waals surface area contributed by atoms with Gasteiger partial charge in [0.05, 0.1) is 0 Å². The van der Waals surface area contributed by atoms with Crippen molar-refractivity contribution in [2.45, 2.75) is 45.2 Å². The van der Waals surface area contributed by atoms with Gasteiger partial charge in [0.2, 0.25) is 5.91 Å². The molecule has 0 bridgehead atoms. The standard InChI is InChI=1S/C11H20N2O/c1-11(2,3)12-6-7-13-9(8-12)4-5-10(13)14/h9H,4-8H2,1-3H3. The van der Waals surface area contributed by atoms with Crippen LogP contribution in [0.5, 0.6) is 0 Å². The maximum atomic E-state index is 11.5. The molecular weight excluding hydrogens is 176 g/mol. The Balaban J connectivity index is 2.03. The van der Waals surface area contributed by atoms with Crippen molar-refractivity contribution in [1.29, 1.82) is 0 Å². The average Bonchev–Trinajstić information content (AvgIpc) is 2.46. The van der Waals surface area contributed by atoms with E-state index < -0.39 is 0 Å². The Hall–Kier alpha value is -0.570. The number of amides is 1. The van der Waals surface area contributed by atoms with Crippen LogP contribution in [0.1, 0.15) is 33.6 Å². The van der Waals surface area contributed by atoms with Crippen LogP contribution in [0.25, 0.3) is 0 Å². The molecule has 0 aliphatic carbocycles. The van der Waals surface area contributed by atoms with Gasteiger partial charge in [-0.1, -0.05) is 0 Å². The average molecular weight is 196 g/mol. The van der Waals surface area contributed by atoms with Crippen LogP contribution in [0.2, 0.25) is 0 Å². The molecular formula is C11H20N2O. The lowest BCUT2D eigenvalue weighted by Gasteiger charge is -2.44. The van der Waals surface area contributed by atoms with E-state index in [0.717, 1.165) is 32.5 Å². The molecule has 2 heterocycles. The van der Waals surface area contributed by atoms with Crippen LogP contribution in [0.3, 0.4) is 0 Å². The quantitative estimate of drug-likeness (QED) is 0.579. The molecule has 3 heteroatoms. The molecule has 2 saturated heterocycles. The molecule has 0 aromatic carbocycles. The van der Waals surface area contributed by atoms with Gasteiger partial charge in [0.1, 0.15) is 0 Å². The molecule has 0 saturated carbocycles. The van der Waals surface area contributed by atoms with Crippen molar-refractivity contribution in [2.75, 3.05) is 19.6 Å². The van der Waals surface area contributed by atoms with E-state index in [2.05, 4.69) is 30.6 Å². The minimum atomic E-state index is 0.248. The number of piperazine rings is 1. The molecule has 0 spiro atoms. The van der Waals surface area contributed by atoms with Gasteiger partial charge >= 0.3 is 0 Å². The molecule has 0 N–H and O–H groups in total.